The van der Waals surface area contributed by atoms with Gasteiger partial charge in [0.25, 0.3) is 0 Å². The summed E-state index contributed by atoms with van der Waals surface area (Å²) in [4.78, 5) is 15.0. The minimum Gasteiger partial charge on any atom is -0.497 e. The lowest BCUT2D eigenvalue weighted by molar-refractivity contribution is -0.121. The van der Waals surface area contributed by atoms with Crippen molar-refractivity contribution in [3.63, 3.8) is 0 Å². The fraction of sp³-hybridized carbons (Fsp3) is 0.435. The van der Waals surface area contributed by atoms with Crippen molar-refractivity contribution in [2.45, 2.75) is 25.3 Å². The molecule has 5 heteroatoms. The van der Waals surface area contributed by atoms with Crippen molar-refractivity contribution < 1.29 is 14.3 Å². The molecule has 2 aromatic rings. The molecule has 1 saturated heterocycles. The van der Waals surface area contributed by atoms with Crippen LogP contribution in [-0.2, 0) is 9.53 Å². The lowest BCUT2D eigenvalue weighted by atomic mass is 9.97. The highest BCUT2D eigenvalue weighted by atomic mass is 16.5. The molecule has 2 atom stereocenters. The number of carbonyl (C=O) groups excluding carboxylic acids is 1. The van der Waals surface area contributed by atoms with Gasteiger partial charge in [-0.15, -0.1) is 0 Å². The van der Waals surface area contributed by atoms with Gasteiger partial charge in [0.1, 0.15) is 5.75 Å². The normalized spacial score (nSPS) is 16.9. The Balaban J connectivity index is 1.64. The monoisotopic (exact) mass is 382 g/mol. The summed E-state index contributed by atoms with van der Waals surface area (Å²) in [5, 5.41) is 3.15. The van der Waals surface area contributed by atoms with E-state index in [1.807, 2.05) is 30.3 Å². The van der Waals surface area contributed by atoms with Crippen molar-refractivity contribution >= 4 is 5.91 Å². The molecule has 0 spiro atoms. The Morgan fingerprint density at radius 3 is 2.54 bits per heavy atom. The fourth-order valence-electron chi connectivity index (χ4n) is 3.66. The highest BCUT2D eigenvalue weighted by molar-refractivity contribution is 5.76. The van der Waals surface area contributed by atoms with E-state index in [0.717, 1.165) is 37.6 Å². The summed E-state index contributed by atoms with van der Waals surface area (Å²) in [6, 6.07) is 18.4. The third kappa shape index (κ3) is 5.57. The molecule has 1 fully saturated rings. The summed E-state index contributed by atoms with van der Waals surface area (Å²) in [6.07, 6.45) is 0.484. The zero-order valence-corrected chi connectivity index (χ0v) is 16.8. The van der Waals surface area contributed by atoms with Gasteiger partial charge in [0.05, 0.1) is 26.4 Å². The third-order valence-corrected chi connectivity index (χ3v) is 5.32. The number of nitrogens with zero attached hydrogens (tertiary/aromatic N) is 1. The number of carbonyl (C=O) groups is 1. The van der Waals surface area contributed by atoms with Crippen LogP contribution >= 0.6 is 0 Å². The maximum absolute atomic E-state index is 12.6. The van der Waals surface area contributed by atoms with E-state index in [2.05, 4.69) is 41.4 Å². The Labute approximate surface area is 167 Å². The number of hydrogen-bond acceptors (Lipinski definition) is 4. The Morgan fingerprint density at radius 1 is 1.11 bits per heavy atom. The van der Waals surface area contributed by atoms with Gasteiger partial charge in [-0.3, -0.25) is 9.69 Å². The average molecular weight is 383 g/mol. The van der Waals surface area contributed by atoms with Gasteiger partial charge in [-0.05, 0) is 29.2 Å². The maximum atomic E-state index is 12.6. The van der Waals surface area contributed by atoms with Gasteiger partial charge < -0.3 is 14.8 Å². The molecule has 150 valence electrons. The van der Waals surface area contributed by atoms with Crippen molar-refractivity contribution in [2.24, 2.45) is 0 Å². The number of nitrogens with one attached hydrogen (secondary N) is 1. The number of hydrogen-bond donors (Lipinski definition) is 1. The fourth-order valence-corrected chi connectivity index (χ4v) is 3.66. The molecule has 1 N–H and O–H groups in total. The van der Waals surface area contributed by atoms with Gasteiger partial charge in [0, 0.05) is 26.1 Å². The minimum atomic E-state index is 0.0810. The van der Waals surface area contributed by atoms with Gasteiger partial charge in [-0.1, -0.05) is 49.4 Å². The Hall–Kier alpha value is -2.37. The topological polar surface area (TPSA) is 50.8 Å². The smallest absolute Gasteiger partial charge is 0.220 e. The molecule has 2 unspecified atom stereocenters. The van der Waals surface area contributed by atoms with E-state index in [4.69, 9.17) is 9.47 Å². The van der Waals surface area contributed by atoms with E-state index in [9.17, 15) is 4.79 Å². The first kappa shape index (κ1) is 20.4. The highest BCUT2D eigenvalue weighted by Crippen LogP contribution is 2.25. The number of ether oxygens (including phenoxy) is 2. The van der Waals surface area contributed by atoms with E-state index >= 15 is 0 Å². The molecular formula is C23H30N2O3. The van der Waals surface area contributed by atoms with Crippen LogP contribution in [0.1, 0.15) is 36.4 Å². The van der Waals surface area contributed by atoms with E-state index < -0.39 is 0 Å². The molecule has 0 bridgehead atoms. The summed E-state index contributed by atoms with van der Waals surface area (Å²) >= 11 is 0. The van der Waals surface area contributed by atoms with E-state index in [1.165, 1.54) is 5.56 Å². The molecule has 0 aromatic heterocycles. The van der Waals surface area contributed by atoms with Crippen molar-refractivity contribution in [1.29, 1.82) is 0 Å². The molecule has 3 rings (SSSR count). The summed E-state index contributed by atoms with van der Waals surface area (Å²) < 4.78 is 10.9. The van der Waals surface area contributed by atoms with E-state index in [1.54, 1.807) is 7.11 Å². The molecule has 1 heterocycles. The predicted molar refractivity (Wildman–Crippen MR) is 111 cm³/mol. The average Bonchev–Trinajstić information content (AvgIpc) is 2.75. The number of rotatable bonds is 8. The molecule has 1 amide bonds. The lowest BCUT2D eigenvalue weighted by Gasteiger charge is -2.35. The largest absolute Gasteiger partial charge is 0.497 e. The first-order valence-electron chi connectivity index (χ1n) is 9.94. The number of methoxy groups -OCH3 is 1. The first-order valence-corrected chi connectivity index (χ1v) is 9.94. The van der Waals surface area contributed by atoms with Crippen LogP contribution in [0.3, 0.4) is 0 Å². The molecule has 0 saturated carbocycles. The van der Waals surface area contributed by atoms with Crippen LogP contribution < -0.4 is 10.1 Å². The second kappa shape index (κ2) is 10.2. The van der Waals surface area contributed by atoms with Crippen molar-refractivity contribution in [3.05, 3.63) is 65.7 Å². The van der Waals surface area contributed by atoms with E-state index in [0.29, 0.717) is 13.0 Å². The Bertz CT molecular complexity index is 745. The molecule has 0 radical (unpaired) electrons. The summed E-state index contributed by atoms with van der Waals surface area (Å²) in [5.41, 5.74) is 2.34. The first-order chi connectivity index (χ1) is 13.7. The molecule has 28 heavy (non-hydrogen) atoms. The van der Waals surface area contributed by atoms with Crippen LogP contribution in [0, 0.1) is 0 Å². The van der Waals surface area contributed by atoms with Crippen molar-refractivity contribution in [1.82, 2.24) is 10.2 Å². The molecule has 1 aliphatic rings. The van der Waals surface area contributed by atoms with Crippen LogP contribution in [-0.4, -0.2) is 50.8 Å². The molecular weight excluding hydrogens is 352 g/mol. The van der Waals surface area contributed by atoms with Crippen LogP contribution in [0.5, 0.6) is 5.75 Å². The van der Waals surface area contributed by atoms with E-state index in [-0.39, 0.29) is 17.9 Å². The summed E-state index contributed by atoms with van der Waals surface area (Å²) in [7, 11) is 1.68. The second-order valence-corrected chi connectivity index (χ2v) is 7.26. The van der Waals surface area contributed by atoms with Gasteiger partial charge in [0.2, 0.25) is 5.91 Å². The van der Waals surface area contributed by atoms with Crippen LogP contribution in [0.15, 0.2) is 54.6 Å². The Morgan fingerprint density at radius 2 is 1.82 bits per heavy atom. The number of morpholine rings is 1. The van der Waals surface area contributed by atoms with Gasteiger partial charge in [-0.25, -0.2) is 0 Å². The van der Waals surface area contributed by atoms with Gasteiger partial charge in [0.15, 0.2) is 0 Å². The Kier molecular flexibility index (Phi) is 7.46. The summed E-state index contributed by atoms with van der Waals surface area (Å²) in [6.45, 7) is 5.83. The zero-order valence-electron chi connectivity index (χ0n) is 16.8. The number of benzene rings is 2. The molecule has 0 aliphatic carbocycles. The molecule has 5 nitrogen and oxygen atoms in total. The maximum Gasteiger partial charge on any atom is 0.220 e. The highest BCUT2D eigenvalue weighted by Gasteiger charge is 2.24. The molecule has 1 aliphatic heterocycles. The summed E-state index contributed by atoms with van der Waals surface area (Å²) in [5.74, 6) is 1.11. The zero-order chi connectivity index (χ0) is 19.8. The minimum absolute atomic E-state index is 0.0810. The van der Waals surface area contributed by atoms with Crippen LogP contribution in [0.25, 0.3) is 0 Å². The number of amides is 1. The second-order valence-electron chi connectivity index (χ2n) is 7.26. The SMILES string of the molecule is COc1cccc(C(CNC(=O)CC(C)c2ccccc2)N2CCOCC2)c1. The van der Waals surface area contributed by atoms with Crippen molar-refractivity contribution in [2.75, 3.05) is 40.0 Å². The quantitative estimate of drug-likeness (QED) is 0.760. The standard InChI is InChI=1S/C23H30N2O3/c1-18(19-7-4-3-5-8-19)15-23(26)24-17-22(25-11-13-28-14-12-25)20-9-6-10-21(16-20)27-2/h3-10,16,18,22H,11-15,17H2,1-2H3,(H,24,26). The predicted octanol–water partition coefficient (Wildman–Crippen LogP) is 3.38. The van der Waals surface area contributed by atoms with Crippen LogP contribution in [0.2, 0.25) is 0 Å². The van der Waals surface area contributed by atoms with Crippen molar-refractivity contribution in [3.8, 4) is 5.75 Å². The van der Waals surface area contributed by atoms with Gasteiger partial charge in [-0.2, -0.15) is 0 Å². The van der Waals surface area contributed by atoms with Gasteiger partial charge >= 0.3 is 0 Å². The molecule has 2 aromatic carbocycles. The lowest BCUT2D eigenvalue weighted by Crippen LogP contribution is -2.43. The third-order valence-electron chi connectivity index (χ3n) is 5.32. The van der Waals surface area contributed by atoms with Crippen LogP contribution in [0.4, 0.5) is 0 Å².